The summed E-state index contributed by atoms with van der Waals surface area (Å²) in [5.74, 6) is 0.314. The summed E-state index contributed by atoms with van der Waals surface area (Å²) < 4.78 is 47.3. The van der Waals surface area contributed by atoms with E-state index >= 15 is 0 Å². The molecule has 1 aromatic carbocycles. The Hall–Kier alpha value is -2.53. The van der Waals surface area contributed by atoms with Crippen LogP contribution in [0.15, 0.2) is 30.7 Å². The Morgan fingerprint density at radius 1 is 1.34 bits per heavy atom. The van der Waals surface area contributed by atoms with Gasteiger partial charge in [0.25, 0.3) is 0 Å². The van der Waals surface area contributed by atoms with Crippen LogP contribution in [0.1, 0.15) is 48.9 Å². The van der Waals surface area contributed by atoms with Gasteiger partial charge in [0, 0.05) is 49.7 Å². The first-order valence-electron chi connectivity index (χ1n) is 9.76. The number of hydrogen-bond acceptors (Lipinski definition) is 4. The molecule has 1 fully saturated rings. The molecule has 0 amide bonds. The Balaban J connectivity index is 1.80. The normalized spacial score (nSPS) is 19.3. The maximum absolute atomic E-state index is 13.4. The summed E-state index contributed by atoms with van der Waals surface area (Å²) in [6.07, 6.45) is 1.84. The van der Waals surface area contributed by atoms with Gasteiger partial charge in [-0.3, -0.25) is 0 Å². The summed E-state index contributed by atoms with van der Waals surface area (Å²) in [4.78, 5) is 6.28. The summed E-state index contributed by atoms with van der Waals surface area (Å²) in [7, 11) is 1.66. The number of hydrogen-bond donors (Lipinski definition) is 0. The van der Waals surface area contributed by atoms with Crippen molar-refractivity contribution in [3.05, 3.63) is 47.5 Å². The van der Waals surface area contributed by atoms with Gasteiger partial charge in [-0.2, -0.15) is 18.4 Å². The number of imidazole rings is 1. The lowest BCUT2D eigenvalue weighted by atomic mass is 10.0. The van der Waals surface area contributed by atoms with E-state index < -0.39 is 11.7 Å². The average Bonchev–Trinajstić information content (AvgIpc) is 3.35. The van der Waals surface area contributed by atoms with E-state index in [1.807, 2.05) is 18.0 Å². The number of ether oxygens (including phenoxy) is 1. The zero-order valence-corrected chi connectivity index (χ0v) is 16.6. The van der Waals surface area contributed by atoms with E-state index in [0.29, 0.717) is 24.8 Å². The maximum Gasteiger partial charge on any atom is 0.417 e. The molecule has 1 heterocycles. The van der Waals surface area contributed by atoms with Crippen LogP contribution in [0.25, 0.3) is 0 Å². The molecule has 1 aromatic heterocycles. The fourth-order valence-corrected chi connectivity index (χ4v) is 4.25. The minimum atomic E-state index is -4.55. The van der Waals surface area contributed by atoms with Crippen LogP contribution in [0.2, 0.25) is 0 Å². The quantitative estimate of drug-likeness (QED) is 0.675. The molecule has 0 spiro atoms. The summed E-state index contributed by atoms with van der Waals surface area (Å²) in [5.41, 5.74) is 0.445. The van der Waals surface area contributed by atoms with Crippen LogP contribution in [-0.2, 0) is 17.5 Å². The molecule has 2 aromatic rings. The van der Waals surface area contributed by atoms with Crippen molar-refractivity contribution in [3.8, 4) is 6.07 Å². The first kappa shape index (κ1) is 21.2. The molecular formula is C21H25F3N4O. The van der Waals surface area contributed by atoms with Crippen molar-refractivity contribution in [2.24, 2.45) is 0 Å². The third-order valence-electron chi connectivity index (χ3n) is 5.65. The molecule has 0 radical (unpaired) electrons. The van der Waals surface area contributed by atoms with Gasteiger partial charge < -0.3 is 14.2 Å². The second-order valence-electron chi connectivity index (χ2n) is 7.29. The molecule has 0 unspecified atom stereocenters. The van der Waals surface area contributed by atoms with Gasteiger partial charge in [-0.25, -0.2) is 4.98 Å². The van der Waals surface area contributed by atoms with Crippen molar-refractivity contribution < 1.29 is 17.9 Å². The lowest BCUT2D eigenvalue weighted by Crippen LogP contribution is -2.33. The van der Waals surface area contributed by atoms with Crippen molar-refractivity contribution in [1.29, 1.82) is 5.26 Å². The van der Waals surface area contributed by atoms with Crippen LogP contribution in [0, 0.1) is 11.3 Å². The predicted octanol–water partition coefficient (Wildman–Crippen LogP) is 4.58. The smallest absolute Gasteiger partial charge is 0.383 e. The van der Waals surface area contributed by atoms with Gasteiger partial charge >= 0.3 is 6.18 Å². The Labute approximate surface area is 168 Å². The molecule has 2 atom stereocenters. The summed E-state index contributed by atoms with van der Waals surface area (Å²) in [6, 6.07) is 5.79. The van der Waals surface area contributed by atoms with Gasteiger partial charge in [0.2, 0.25) is 0 Å². The van der Waals surface area contributed by atoms with E-state index in [9.17, 15) is 13.2 Å². The molecule has 1 aliphatic rings. The number of halogens is 3. The van der Waals surface area contributed by atoms with E-state index in [4.69, 9.17) is 10.00 Å². The Bertz CT molecular complexity index is 872. The molecule has 0 N–H and O–H groups in total. The van der Waals surface area contributed by atoms with E-state index in [0.717, 1.165) is 37.6 Å². The molecule has 5 nitrogen and oxygen atoms in total. The van der Waals surface area contributed by atoms with Crippen molar-refractivity contribution in [1.82, 2.24) is 9.55 Å². The van der Waals surface area contributed by atoms with Crippen LogP contribution in [0.3, 0.4) is 0 Å². The zero-order valence-electron chi connectivity index (χ0n) is 16.6. The second kappa shape index (κ2) is 8.87. The highest BCUT2D eigenvalue weighted by Crippen LogP contribution is 2.40. The first-order valence-corrected chi connectivity index (χ1v) is 9.76. The number of aromatic nitrogens is 2. The van der Waals surface area contributed by atoms with Gasteiger partial charge in [0.15, 0.2) is 0 Å². The number of methoxy groups -OCH3 is 1. The molecule has 1 aliphatic carbocycles. The molecule has 3 rings (SSSR count). The maximum atomic E-state index is 13.4. The van der Waals surface area contributed by atoms with E-state index in [1.54, 1.807) is 25.6 Å². The Morgan fingerprint density at radius 3 is 2.79 bits per heavy atom. The van der Waals surface area contributed by atoms with Gasteiger partial charge in [-0.05, 0) is 44.4 Å². The van der Waals surface area contributed by atoms with Crippen molar-refractivity contribution in [2.75, 3.05) is 25.2 Å². The van der Waals surface area contributed by atoms with Gasteiger partial charge in [0.05, 0.1) is 30.1 Å². The summed E-state index contributed by atoms with van der Waals surface area (Å²) in [5, 5.41) is 9.03. The Kier molecular flexibility index (Phi) is 6.48. The van der Waals surface area contributed by atoms with Crippen LogP contribution in [0.5, 0.6) is 0 Å². The van der Waals surface area contributed by atoms with Gasteiger partial charge in [-0.15, -0.1) is 0 Å². The third kappa shape index (κ3) is 4.56. The number of rotatable bonds is 7. The summed E-state index contributed by atoms with van der Waals surface area (Å²) >= 11 is 0. The molecule has 0 aliphatic heterocycles. The predicted molar refractivity (Wildman–Crippen MR) is 104 cm³/mol. The topological polar surface area (TPSA) is 54.1 Å². The largest absolute Gasteiger partial charge is 0.417 e. The lowest BCUT2D eigenvalue weighted by molar-refractivity contribution is -0.137. The fraction of sp³-hybridized carbons (Fsp3) is 0.524. The second-order valence-corrected chi connectivity index (χ2v) is 7.29. The molecule has 0 bridgehead atoms. The van der Waals surface area contributed by atoms with Crippen molar-refractivity contribution in [2.45, 2.75) is 50.9 Å². The number of anilines is 1. The van der Waals surface area contributed by atoms with Crippen LogP contribution in [0.4, 0.5) is 18.9 Å². The minimum absolute atomic E-state index is 0.143. The molecule has 156 valence electrons. The summed E-state index contributed by atoms with van der Waals surface area (Å²) in [6.45, 7) is 3.88. The minimum Gasteiger partial charge on any atom is -0.383 e. The van der Waals surface area contributed by atoms with Crippen molar-refractivity contribution >= 4 is 5.69 Å². The Morgan fingerprint density at radius 2 is 2.14 bits per heavy atom. The SMILES string of the molecule is CCN(c1ccc(C#N)c(C(F)(F)F)c1)[C@@H]1CC[C@@H](c2cncn2CCOC)C1. The van der Waals surface area contributed by atoms with E-state index in [2.05, 4.69) is 9.55 Å². The van der Waals surface area contributed by atoms with E-state index in [-0.39, 0.29) is 11.6 Å². The standard InChI is InChI=1S/C21H25F3N4O/c1-3-28(18-7-5-16(12-25)19(11-18)21(22,23)24)17-6-4-15(10-17)20-13-26-14-27(20)8-9-29-2/h5,7,11,13-15,17H,3-4,6,8-10H2,1-2H3/t15-,17-/m1/s1. The van der Waals surface area contributed by atoms with Crippen LogP contribution in [-0.4, -0.2) is 35.9 Å². The third-order valence-corrected chi connectivity index (χ3v) is 5.65. The number of alkyl halides is 3. The molecule has 29 heavy (non-hydrogen) atoms. The fourth-order valence-electron chi connectivity index (χ4n) is 4.25. The molecule has 8 heteroatoms. The zero-order chi connectivity index (χ0) is 21.0. The number of nitrogens with zero attached hydrogens (tertiary/aromatic N) is 4. The number of nitriles is 1. The van der Waals surface area contributed by atoms with Gasteiger partial charge in [-0.1, -0.05) is 0 Å². The molecule has 1 saturated carbocycles. The lowest BCUT2D eigenvalue weighted by Gasteiger charge is -2.31. The highest BCUT2D eigenvalue weighted by Gasteiger charge is 2.36. The molecule has 0 saturated heterocycles. The first-order chi connectivity index (χ1) is 13.9. The monoisotopic (exact) mass is 406 g/mol. The van der Waals surface area contributed by atoms with Crippen LogP contribution < -0.4 is 4.90 Å². The highest BCUT2D eigenvalue weighted by molar-refractivity contribution is 5.55. The highest BCUT2D eigenvalue weighted by atomic mass is 19.4. The van der Waals surface area contributed by atoms with Gasteiger partial charge in [0.1, 0.15) is 0 Å². The van der Waals surface area contributed by atoms with Crippen LogP contribution >= 0.6 is 0 Å². The van der Waals surface area contributed by atoms with E-state index in [1.165, 1.54) is 6.07 Å². The number of benzene rings is 1. The van der Waals surface area contributed by atoms with Crippen molar-refractivity contribution in [3.63, 3.8) is 0 Å². The molecular weight excluding hydrogens is 381 g/mol. The average molecular weight is 406 g/mol.